The molecule has 1 unspecified atom stereocenters. The second-order valence-electron chi connectivity index (χ2n) is 5.40. The summed E-state index contributed by atoms with van der Waals surface area (Å²) < 4.78 is 9.99. The van der Waals surface area contributed by atoms with Crippen LogP contribution >= 0.6 is 11.3 Å². The molecule has 0 saturated carbocycles. The lowest BCUT2D eigenvalue weighted by atomic mass is 10.2. The molecule has 0 saturated heterocycles. The predicted molar refractivity (Wildman–Crippen MR) is 97.0 cm³/mol. The van der Waals surface area contributed by atoms with Crippen LogP contribution in [-0.4, -0.2) is 37.5 Å². The molecule has 0 aliphatic carbocycles. The Kier molecular flexibility index (Phi) is 7.16. The van der Waals surface area contributed by atoms with Gasteiger partial charge in [0.2, 0.25) is 0 Å². The molecule has 0 radical (unpaired) electrons. The molecule has 1 atom stereocenters. The van der Waals surface area contributed by atoms with Gasteiger partial charge in [-0.25, -0.2) is 4.79 Å². The summed E-state index contributed by atoms with van der Waals surface area (Å²) in [5, 5.41) is 6.95. The Hall–Kier alpha value is -2.87. The first-order chi connectivity index (χ1) is 12.5. The Morgan fingerprint density at radius 1 is 1.15 bits per heavy atom. The van der Waals surface area contributed by atoms with Crippen molar-refractivity contribution in [3.05, 3.63) is 52.2 Å². The molecular formula is C18H20N2O5S. The van der Waals surface area contributed by atoms with E-state index in [0.29, 0.717) is 11.4 Å². The Labute approximate surface area is 155 Å². The van der Waals surface area contributed by atoms with Crippen molar-refractivity contribution in [2.75, 3.05) is 13.7 Å². The van der Waals surface area contributed by atoms with Crippen LogP contribution in [0.15, 0.2) is 41.8 Å². The third-order valence-electron chi connectivity index (χ3n) is 3.44. The second kappa shape index (κ2) is 9.57. The fourth-order valence-corrected chi connectivity index (χ4v) is 2.62. The van der Waals surface area contributed by atoms with Gasteiger partial charge in [0.25, 0.3) is 11.8 Å². The third kappa shape index (κ3) is 5.89. The number of nitrogens with one attached hydrogen (secondary N) is 2. The molecule has 2 amide bonds. The van der Waals surface area contributed by atoms with Gasteiger partial charge in [-0.05, 0) is 36.1 Å². The number of carbonyl (C=O) groups is 3. The molecular weight excluding hydrogens is 356 g/mol. The summed E-state index contributed by atoms with van der Waals surface area (Å²) in [5.74, 6) is -0.721. The van der Waals surface area contributed by atoms with Gasteiger partial charge in [-0.3, -0.25) is 9.59 Å². The zero-order valence-corrected chi connectivity index (χ0v) is 15.3. The van der Waals surface area contributed by atoms with Gasteiger partial charge in [0.1, 0.15) is 11.8 Å². The lowest BCUT2D eigenvalue weighted by Crippen LogP contribution is -2.40. The van der Waals surface area contributed by atoms with Crippen LogP contribution in [0.3, 0.4) is 0 Å². The van der Waals surface area contributed by atoms with E-state index in [-0.39, 0.29) is 5.91 Å². The van der Waals surface area contributed by atoms with Crippen molar-refractivity contribution in [1.82, 2.24) is 10.6 Å². The molecule has 0 bridgehead atoms. The number of hydrogen-bond donors (Lipinski definition) is 2. The average molecular weight is 376 g/mol. The summed E-state index contributed by atoms with van der Waals surface area (Å²) in [5.41, 5.74) is 0.891. The van der Waals surface area contributed by atoms with Crippen molar-refractivity contribution in [1.29, 1.82) is 0 Å². The predicted octanol–water partition coefficient (Wildman–Crippen LogP) is 1.73. The number of thiophene rings is 1. The summed E-state index contributed by atoms with van der Waals surface area (Å²) in [7, 11) is 1.58. The molecule has 0 fully saturated rings. The largest absolute Gasteiger partial charge is 0.497 e. The van der Waals surface area contributed by atoms with E-state index in [4.69, 9.17) is 9.47 Å². The molecule has 138 valence electrons. The lowest BCUT2D eigenvalue weighted by molar-refractivity contribution is -0.150. The maximum Gasteiger partial charge on any atom is 0.328 e. The smallest absolute Gasteiger partial charge is 0.328 e. The summed E-state index contributed by atoms with van der Waals surface area (Å²) in [4.78, 5) is 36.0. The van der Waals surface area contributed by atoms with Crippen molar-refractivity contribution < 1.29 is 23.9 Å². The van der Waals surface area contributed by atoms with Crippen LogP contribution in [0.4, 0.5) is 0 Å². The van der Waals surface area contributed by atoms with Crippen molar-refractivity contribution >= 4 is 29.1 Å². The van der Waals surface area contributed by atoms with E-state index in [2.05, 4.69) is 10.6 Å². The van der Waals surface area contributed by atoms with Crippen molar-refractivity contribution in [3.8, 4) is 5.75 Å². The fraction of sp³-hybridized carbons (Fsp3) is 0.278. The zero-order valence-electron chi connectivity index (χ0n) is 14.5. The van der Waals surface area contributed by atoms with E-state index in [1.165, 1.54) is 18.3 Å². The molecule has 1 heterocycles. The number of rotatable bonds is 8. The van der Waals surface area contributed by atoms with Crippen LogP contribution in [0, 0.1) is 0 Å². The number of carbonyl (C=O) groups excluding carboxylic acids is 3. The third-order valence-corrected chi connectivity index (χ3v) is 4.31. The van der Waals surface area contributed by atoms with Gasteiger partial charge in [0.15, 0.2) is 6.61 Å². The highest BCUT2D eigenvalue weighted by Gasteiger charge is 2.19. The highest BCUT2D eigenvalue weighted by Crippen LogP contribution is 2.11. The van der Waals surface area contributed by atoms with E-state index < -0.39 is 24.5 Å². The van der Waals surface area contributed by atoms with Crippen LogP contribution in [0.5, 0.6) is 5.75 Å². The topological polar surface area (TPSA) is 93.7 Å². The van der Waals surface area contributed by atoms with Crippen LogP contribution in [-0.2, 0) is 20.9 Å². The maximum absolute atomic E-state index is 11.9. The summed E-state index contributed by atoms with van der Waals surface area (Å²) in [6.45, 7) is 1.41. The van der Waals surface area contributed by atoms with E-state index in [1.54, 1.807) is 36.8 Å². The second-order valence-corrected chi connectivity index (χ2v) is 6.35. The van der Waals surface area contributed by atoms with Crippen molar-refractivity contribution in [2.45, 2.75) is 19.5 Å². The Morgan fingerprint density at radius 2 is 1.88 bits per heavy atom. The van der Waals surface area contributed by atoms with Crippen LogP contribution in [0.25, 0.3) is 0 Å². The van der Waals surface area contributed by atoms with Gasteiger partial charge in [-0.2, -0.15) is 0 Å². The minimum Gasteiger partial charge on any atom is -0.497 e. The molecule has 7 nitrogen and oxygen atoms in total. The van der Waals surface area contributed by atoms with E-state index >= 15 is 0 Å². The standard InChI is InChI=1S/C18H20N2O5S/c1-12(20-17(22)15-4-3-9-26-15)18(23)25-11-16(21)19-10-13-5-7-14(24-2)8-6-13/h3-9,12H,10-11H2,1-2H3,(H,19,21)(H,20,22). The summed E-state index contributed by atoms with van der Waals surface area (Å²) >= 11 is 1.27. The summed E-state index contributed by atoms with van der Waals surface area (Å²) in [6.07, 6.45) is 0. The zero-order chi connectivity index (χ0) is 18.9. The van der Waals surface area contributed by atoms with Crippen molar-refractivity contribution in [2.24, 2.45) is 0 Å². The van der Waals surface area contributed by atoms with E-state index in [0.717, 1.165) is 11.3 Å². The molecule has 0 aliphatic heterocycles. The van der Waals surface area contributed by atoms with Crippen molar-refractivity contribution in [3.63, 3.8) is 0 Å². The monoisotopic (exact) mass is 376 g/mol. The number of methoxy groups -OCH3 is 1. The van der Waals surface area contributed by atoms with Gasteiger partial charge < -0.3 is 20.1 Å². The SMILES string of the molecule is COc1ccc(CNC(=O)COC(=O)C(C)NC(=O)c2cccs2)cc1. The van der Waals surface area contributed by atoms with Crippen LogP contribution in [0.2, 0.25) is 0 Å². The Morgan fingerprint density at radius 3 is 2.50 bits per heavy atom. The summed E-state index contributed by atoms with van der Waals surface area (Å²) in [6, 6.07) is 9.79. The number of esters is 1. The first kappa shape index (κ1) is 19.5. The number of amides is 2. The minimum absolute atomic E-state index is 0.311. The molecule has 26 heavy (non-hydrogen) atoms. The molecule has 0 spiro atoms. The van der Waals surface area contributed by atoms with Gasteiger partial charge in [-0.1, -0.05) is 18.2 Å². The highest BCUT2D eigenvalue weighted by atomic mass is 32.1. The lowest BCUT2D eigenvalue weighted by Gasteiger charge is -2.13. The molecule has 2 aromatic rings. The number of benzene rings is 1. The first-order valence-electron chi connectivity index (χ1n) is 7.90. The Balaban J connectivity index is 1.70. The van der Waals surface area contributed by atoms with E-state index in [9.17, 15) is 14.4 Å². The van der Waals surface area contributed by atoms with Gasteiger partial charge in [0.05, 0.1) is 12.0 Å². The number of hydrogen-bond acceptors (Lipinski definition) is 6. The first-order valence-corrected chi connectivity index (χ1v) is 8.78. The van der Waals surface area contributed by atoms with Gasteiger partial charge in [0, 0.05) is 6.54 Å². The van der Waals surface area contributed by atoms with Gasteiger partial charge >= 0.3 is 5.97 Å². The van der Waals surface area contributed by atoms with Crippen LogP contribution in [0.1, 0.15) is 22.2 Å². The number of ether oxygens (including phenoxy) is 2. The fourth-order valence-electron chi connectivity index (χ4n) is 1.99. The van der Waals surface area contributed by atoms with Crippen LogP contribution < -0.4 is 15.4 Å². The molecule has 2 N–H and O–H groups in total. The quantitative estimate of drug-likeness (QED) is 0.685. The maximum atomic E-state index is 11.9. The van der Waals surface area contributed by atoms with E-state index in [1.807, 2.05) is 12.1 Å². The molecule has 2 rings (SSSR count). The Bertz CT molecular complexity index is 743. The normalized spacial score (nSPS) is 11.3. The van der Waals surface area contributed by atoms with Gasteiger partial charge in [-0.15, -0.1) is 11.3 Å². The molecule has 1 aromatic carbocycles. The minimum atomic E-state index is -0.848. The average Bonchev–Trinajstić information content (AvgIpc) is 3.19. The molecule has 1 aromatic heterocycles. The molecule has 0 aliphatic rings. The molecule has 8 heteroatoms. The highest BCUT2D eigenvalue weighted by molar-refractivity contribution is 7.12.